The number of hydrogen-bond donors (Lipinski definition) is 1. The molecule has 2 aromatic rings. The molecule has 124 valence electrons. The minimum absolute atomic E-state index is 0.176. The standard InChI is InChI=1S/C17H21NO4S/c1-4-11-22-17-12-14(6-5-13(17)2)18-23(19,20)16-9-7-15(21-3)8-10-16/h5-10,12,18H,4,11H2,1-3H3. The van der Waals surface area contributed by atoms with E-state index in [9.17, 15) is 8.42 Å². The van der Waals surface area contributed by atoms with Crippen molar-refractivity contribution in [1.29, 1.82) is 0 Å². The Balaban J connectivity index is 2.22. The highest BCUT2D eigenvalue weighted by atomic mass is 32.2. The number of sulfonamides is 1. The third-order valence-corrected chi connectivity index (χ3v) is 4.67. The number of rotatable bonds is 7. The van der Waals surface area contributed by atoms with Crippen molar-refractivity contribution in [3.05, 3.63) is 48.0 Å². The lowest BCUT2D eigenvalue weighted by atomic mass is 10.2. The van der Waals surface area contributed by atoms with E-state index in [1.165, 1.54) is 19.2 Å². The fourth-order valence-electron chi connectivity index (χ4n) is 2.00. The van der Waals surface area contributed by atoms with Crippen molar-refractivity contribution < 1.29 is 17.9 Å². The van der Waals surface area contributed by atoms with Crippen LogP contribution in [0.3, 0.4) is 0 Å². The number of anilines is 1. The van der Waals surface area contributed by atoms with Crippen LogP contribution in [0.15, 0.2) is 47.4 Å². The van der Waals surface area contributed by atoms with Gasteiger partial charge in [-0.25, -0.2) is 8.42 Å². The van der Waals surface area contributed by atoms with Crippen LogP contribution in [-0.2, 0) is 10.0 Å². The molecule has 0 aliphatic heterocycles. The van der Waals surface area contributed by atoms with Crippen LogP contribution in [0.1, 0.15) is 18.9 Å². The summed E-state index contributed by atoms with van der Waals surface area (Å²) in [5.41, 5.74) is 1.43. The lowest BCUT2D eigenvalue weighted by molar-refractivity contribution is 0.315. The third-order valence-electron chi connectivity index (χ3n) is 3.27. The van der Waals surface area contributed by atoms with Gasteiger partial charge in [0.25, 0.3) is 10.0 Å². The quantitative estimate of drug-likeness (QED) is 0.840. The molecular weight excluding hydrogens is 314 g/mol. The maximum atomic E-state index is 12.4. The summed E-state index contributed by atoms with van der Waals surface area (Å²) in [7, 11) is -2.12. The lowest BCUT2D eigenvalue weighted by Gasteiger charge is -2.12. The van der Waals surface area contributed by atoms with Crippen molar-refractivity contribution in [1.82, 2.24) is 0 Å². The van der Waals surface area contributed by atoms with E-state index in [-0.39, 0.29) is 4.90 Å². The number of hydrogen-bond acceptors (Lipinski definition) is 4. The van der Waals surface area contributed by atoms with E-state index in [2.05, 4.69) is 4.72 Å². The first-order valence-electron chi connectivity index (χ1n) is 7.36. The molecule has 0 radical (unpaired) electrons. The molecule has 0 aliphatic carbocycles. The van der Waals surface area contributed by atoms with Crippen molar-refractivity contribution in [3.63, 3.8) is 0 Å². The van der Waals surface area contributed by atoms with Crippen LogP contribution in [0.4, 0.5) is 5.69 Å². The van der Waals surface area contributed by atoms with Gasteiger partial charge in [0, 0.05) is 6.07 Å². The molecule has 0 atom stereocenters. The molecule has 0 bridgehead atoms. The second-order valence-corrected chi connectivity index (χ2v) is 6.79. The summed E-state index contributed by atoms with van der Waals surface area (Å²) in [5.74, 6) is 1.29. The lowest BCUT2D eigenvalue weighted by Crippen LogP contribution is -2.13. The van der Waals surface area contributed by atoms with E-state index in [1.807, 2.05) is 19.9 Å². The highest BCUT2D eigenvalue weighted by Crippen LogP contribution is 2.25. The van der Waals surface area contributed by atoms with Crippen LogP contribution < -0.4 is 14.2 Å². The molecule has 0 spiro atoms. The van der Waals surface area contributed by atoms with Gasteiger partial charge in [-0.3, -0.25) is 4.72 Å². The smallest absolute Gasteiger partial charge is 0.261 e. The molecule has 2 rings (SSSR count). The van der Waals surface area contributed by atoms with Gasteiger partial charge < -0.3 is 9.47 Å². The zero-order valence-corrected chi connectivity index (χ0v) is 14.3. The highest BCUT2D eigenvalue weighted by Gasteiger charge is 2.15. The molecule has 1 N–H and O–H groups in total. The van der Waals surface area contributed by atoms with Crippen LogP contribution in [0.25, 0.3) is 0 Å². The van der Waals surface area contributed by atoms with Crippen LogP contribution in [-0.4, -0.2) is 22.1 Å². The summed E-state index contributed by atoms with van der Waals surface area (Å²) >= 11 is 0. The summed E-state index contributed by atoms with van der Waals surface area (Å²) in [4.78, 5) is 0.176. The Morgan fingerprint density at radius 2 is 1.78 bits per heavy atom. The van der Waals surface area contributed by atoms with Gasteiger partial charge in [-0.05, 0) is 49.2 Å². The number of benzene rings is 2. The summed E-state index contributed by atoms with van der Waals surface area (Å²) in [6.45, 7) is 4.54. The Labute approximate surface area is 137 Å². The van der Waals surface area contributed by atoms with Gasteiger partial charge in [0.15, 0.2) is 0 Å². The third kappa shape index (κ3) is 4.39. The second-order valence-electron chi connectivity index (χ2n) is 5.11. The van der Waals surface area contributed by atoms with E-state index in [4.69, 9.17) is 9.47 Å². The molecule has 6 heteroatoms. The van der Waals surface area contributed by atoms with Crippen molar-refractivity contribution in [2.75, 3.05) is 18.4 Å². The first kappa shape index (κ1) is 17.1. The second kappa shape index (κ2) is 7.37. The SMILES string of the molecule is CCCOc1cc(NS(=O)(=O)c2ccc(OC)cc2)ccc1C. The average Bonchev–Trinajstić information content (AvgIpc) is 2.55. The van der Waals surface area contributed by atoms with Crippen molar-refractivity contribution >= 4 is 15.7 Å². The molecule has 0 aromatic heterocycles. The molecule has 0 heterocycles. The molecule has 23 heavy (non-hydrogen) atoms. The summed E-state index contributed by atoms with van der Waals surface area (Å²) in [5, 5.41) is 0. The zero-order chi connectivity index (χ0) is 16.9. The van der Waals surface area contributed by atoms with Crippen LogP contribution in [0.5, 0.6) is 11.5 Å². The minimum Gasteiger partial charge on any atom is -0.497 e. The van der Waals surface area contributed by atoms with Gasteiger partial charge in [0.2, 0.25) is 0 Å². The fraction of sp³-hybridized carbons (Fsp3) is 0.294. The Morgan fingerprint density at radius 1 is 1.09 bits per heavy atom. The van der Waals surface area contributed by atoms with Crippen molar-refractivity contribution in [3.8, 4) is 11.5 Å². The van der Waals surface area contributed by atoms with E-state index in [1.54, 1.807) is 24.3 Å². The maximum absolute atomic E-state index is 12.4. The van der Waals surface area contributed by atoms with Crippen molar-refractivity contribution in [2.24, 2.45) is 0 Å². The fourth-order valence-corrected chi connectivity index (χ4v) is 3.05. The Morgan fingerprint density at radius 3 is 2.39 bits per heavy atom. The van der Waals surface area contributed by atoms with Gasteiger partial charge >= 0.3 is 0 Å². The topological polar surface area (TPSA) is 64.6 Å². The summed E-state index contributed by atoms with van der Waals surface area (Å²) < 4.78 is 38.1. The average molecular weight is 335 g/mol. The number of ether oxygens (including phenoxy) is 2. The zero-order valence-electron chi connectivity index (χ0n) is 13.5. The molecule has 2 aromatic carbocycles. The number of nitrogens with one attached hydrogen (secondary N) is 1. The van der Waals surface area contributed by atoms with Gasteiger partial charge in [-0.15, -0.1) is 0 Å². The minimum atomic E-state index is -3.65. The monoisotopic (exact) mass is 335 g/mol. The molecule has 0 saturated heterocycles. The number of methoxy groups -OCH3 is 1. The largest absolute Gasteiger partial charge is 0.497 e. The van der Waals surface area contributed by atoms with E-state index in [0.29, 0.717) is 23.8 Å². The first-order valence-corrected chi connectivity index (χ1v) is 8.85. The molecule has 0 aliphatic rings. The maximum Gasteiger partial charge on any atom is 0.261 e. The van der Waals surface area contributed by atoms with Gasteiger partial charge in [0.05, 0.1) is 24.3 Å². The summed E-state index contributed by atoms with van der Waals surface area (Å²) in [6.07, 6.45) is 0.890. The Bertz CT molecular complexity index is 755. The summed E-state index contributed by atoms with van der Waals surface area (Å²) in [6, 6.07) is 11.5. The van der Waals surface area contributed by atoms with E-state index >= 15 is 0 Å². The van der Waals surface area contributed by atoms with Gasteiger partial charge in [-0.2, -0.15) is 0 Å². The van der Waals surface area contributed by atoms with Crippen LogP contribution >= 0.6 is 0 Å². The Kier molecular flexibility index (Phi) is 5.50. The molecular formula is C17H21NO4S. The van der Waals surface area contributed by atoms with Crippen LogP contribution in [0.2, 0.25) is 0 Å². The molecule has 0 fully saturated rings. The molecule has 0 unspecified atom stereocenters. The highest BCUT2D eigenvalue weighted by molar-refractivity contribution is 7.92. The van der Waals surface area contributed by atoms with Crippen LogP contribution in [0, 0.1) is 6.92 Å². The molecule has 0 saturated carbocycles. The van der Waals surface area contributed by atoms with Crippen molar-refractivity contribution in [2.45, 2.75) is 25.2 Å². The van der Waals surface area contributed by atoms with E-state index < -0.39 is 10.0 Å². The number of aryl methyl sites for hydroxylation is 1. The van der Waals surface area contributed by atoms with Gasteiger partial charge in [-0.1, -0.05) is 13.0 Å². The first-order chi connectivity index (χ1) is 11.0. The van der Waals surface area contributed by atoms with E-state index in [0.717, 1.165) is 12.0 Å². The molecule has 0 amide bonds. The normalized spacial score (nSPS) is 11.1. The molecule has 5 nitrogen and oxygen atoms in total. The van der Waals surface area contributed by atoms with Gasteiger partial charge in [0.1, 0.15) is 11.5 Å². The Hall–Kier alpha value is -2.21. The predicted octanol–water partition coefficient (Wildman–Crippen LogP) is 3.59. The predicted molar refractivity (Wildman–Crippen MR) is 90.8 cm³/mol.